The minimum atomic E-state index is -3.72. The number of hydrogen-bond acceptors (Lipinski definition) is 4. The molecule has 0 bridgehead atoms. The lowest BCUT2D eigenvalue weighted by molar-refractivity contribution is 0.197. The summed E-state index contributed by atoms with van der Waals surface area (Å²) in [6, 6.07) is 4.56. The zero-order valence-corrected chi connectivity index (χ0v) is 8.66. The van der Waals surface area contributed by atoms with E-state index in [4.69, 9.17) is 16.7 Å². The fourth-order valence-electron chi connectivity index (χ4n) is 0.915. The van der Waals surface area contributed by atoms with Crippen LogP contribution in [0.1, 0.15) is 11.8 Å². The minimum Gasteiger partial charge on any atom is -0.386 e. The van der Waals surface area contributed by atoms with Gasteiger partial charge in [0.15, 0.2) is 0 Å². The number of pyridine rings is 1. The molecule has 3 N–H and O–H groups in total. The fourth-order valence-corrected chi connectivity index (χ4v) is 1.70. The number of rotatable bonds is 3. The van der Waals surface area contributed by atoms with Crippen LogP contribution in [0.25, 0.3) is 0 Å². The van der Waals surface area contributed by atoms with Gasteiger partial charge in [-0.2, -0.15) is 0 Å². The second kappa shape index (κ2) is 4.22. The van der Waals surface area contributed by atoms with Gasteiger partial charge in [0, 0.05) is 0 Å². The molecule has 5 nitrogen and oxygen atoms in total. The van der Waals surface area contributed by atoms with Crippen LogP contribution in [0.15, 0.2) is 18.2 Å². The summed E-state index contributed by atoms with van der Waals surface area (Å²) in [6.07, 6.45) is -1.25. The number of nitrogens with zero attached hydrogens (tertiary/aromatic N) is 1. The zero-order chi connectivity index (χ0) is 10.8. The number of hydrogen-bond donors (Lipinski definition) is 2. The number of primary sulfonamides is 1. The Morgan fingerprint density at radius 1 is 1.57 bits per heavy atom. The van der Waals surface area contributed by atoms with E-state index in [0.29, 0.717) is 0 Å². The lowest BCUT2D eigenvalue weighted by Gasteiger charge is -2.07. The molecule has 0 amide bonds. The number of aromatic nitrogens is 1. The summed E-state index contributed by atoms with van der Waals surface area (Å²) in [5.74, 6) is -0.569. The molecule has 0 saturated carbocycles. The highest BCUT2D eigenvalue weighted by molar-refractivity contribution is 7.89. The van der Waals surface area contributed by atoms with E-state index in [0.717, 1.165) is 0 Å². The Bertz CT molecular complexity index is 421. The van der Waals surface area contributed by atoms with Crippen molar-refractivity contribution < 1.29 is 13.5 Å². The summed E-state index contributed by atoms with van der Waals surface area (Å²) in [5.41, 5.74) is 0.187. The van der Waals surface area contributed by atoms with Crippen LogP contribution in [0.2, 0.25) is 5.15 Å². The van der Waals surface area contributed by atoms with Gasteiger partial charge in [-0.3, -0.25) is 0 Å². The third-order valence-electron chi connectivity index (χ3n) is 1.47. The molecule has 0 radical (unpaired) electrons. The molecule has 14 heavy (non-hydrogen) atoms. The van der Waals surface area contributed by atoms with Crippen LogP contribution >= 0.6 is 11.6 Å². The highest BCUT2D eigenvalue weighted by atomic mass is 35.5. The van der Waals surface area contributed by atoms with Crippen molar-refractivity contribution in [1.29, 1.82) is 0 Å². The van der Waals surface area contributed by atoms with Crippen LogP contribution in [0.4, 0.5) is 0 Å². The molecule has 0 fully saturated rings. The van der Waals surface area contributed by atoms with Crippen LogP contribution < -0.4 is 5.14 Å². The van der Waals surface area contributed by atoms with E-state index in [1.165, 1.54) is 12.1 Å². The topological polar surface area (TPSA) is 93.3 Å². The molecule has 1 rings (SSSR count). The van der Waals surface area contributed by atoms with E-state index in [-0.39, 0.29) is 10.8 Å². The molecule has 78 valence electrons. The van der Waals surface area contributed by atoms with Crippen molar-refractivity contribution in [3.05, 3.63) is 29.0 Å². The van der Waals surface area contributed by atoms with Gasteiger partial charge in [0.1, 0.15) is 11.3 Å². The molecule has 0 aliphatic carbocycles. The Morgan fingerprint density at radius 2 is 2.21 bits per heavy atom. The van der Waals surface area contributed by atoms with Crippen molar-refractivity contribution in [2.24, 2.45) is 5.14 Å². The van der Waals surface area contributed by atoms with E-state index < -0.39 is 21.9 Å². The standard InChI is InChI=1S/C7H9ClN2O3S/c8-7-3-1-2-5(10-7)6(11)4-14(9,12)13/h1-3,6,11H,4H2,(H2,9,12,13)/t6-/m1/s1. The van der Waals surface area contributed by atoms with Gasteiger partial charge in [-0.15, -0.1) is 0 Å². The average Bonchev–Trinajstić information content (AvgIpc) is 2.01. The monoisotopic (exact) mass is 236 g/mol. The summed E-state index contributed by atoms with van der Waals surface area (Å²) in [4.78, 5) is 3.75. The van der Waals surface area contributed by atoms with Crippen LogP contribution in [0.5, 0.6) is 0 Å². The Morgan fingerprint density at radius 3 is 2.71 bits per heavy atom. The molecular formula is C7H9ClN2O3S. The zero-order valence-electron chi connectivity index (χ0n) is 7.09. The molecule has 0 spiro atoms. The van der Waals surface area contributed by atoms with Crippen LogP contribution in [0.3, 0.4) is 0 Å². The summed E-state index contributed by atoms with van der Waals surface area (Å²) in [6.45, 7) is 0. The summed E-state index contributed by atoms with van der Waals surface area (Å²) in [5, 5.41) is 14.4. The number of halogens is 1. The number of nitrogens with two attached hydrogens (primary N) is 1. The molecule has 1 aromatic heterocycles. The molecule has 7 heteroatoms. The van der Waals surface area contributed by atoms with Gasteiger partial charge in [-0.05, 0) is 12.1 Å². The first-order valence-electron chi connectivity index (χ1n) is 3.69. The first-order chi connectivity index (χ1) is 6.38. The Balaban J connectivity index is 2.85. The maximum atomic E-state index is 10.7. The molecule has 1 aromatic rings. The highest BCUT2D eigenvalue weighted by Gasteiger charge is 2.16. The molecule has 0 aromatic carbocycles. The maximum absolute atomic E-state index is 10.7. The van der Waals surface area contributed by atoms with Gasteiger partial charge >= 0.3 is 0 Å². The number of sulfonamides is 1. The second-order valence-electron chi connectivity index (χ2n) is 2.73. The quantitative estimate of drug-likeness (QED) is 0.726. The predicted molar refractivity (Wildman–Crippen MR) is 52.2 cm³/mol. The van der Waals surface area contributed by atoms with Crippen LogP contribution in [-0.2, 0) is 10.0 Å². The van der Waals surface area contributed by atoms with Gasteiger partial charge < -0.3 is 5.11 Å². The minimum absolute atomic E-state index is 0.187. The largest absolute Gasteiger partial charge is 0.386 e. The van der Waals surface area contributed by atoms with Crippen molar-refractivity contribution >= 4 is 21.6 Å². The third kappa shape index (κ3) is 3.59. The Kier molecular flexibility index (Phi) is 3.43. The molecule has 1 heterocycles. The van der Waals surface area contributed by atoms with E-state index in [2.05, 4.69) is 4.98 Å². The summed E-state index contributed by atoms with van der Waals surface area (Å²) < 4.78 is 21.3. The second-order valence-corrected chi connectivity index (χ2v) is 4.78. The molecular weight excluding hydrogens is 228 g/mol. The Labute approximate surface area is 86.6 Å². The molecule has 0 aliphatic heterocycles. The summed E-state index contributed by atoms with van der Waals surface area (Å²) >= 11 is 5.56. The lowest BCUT2D eigenvalue weighted by Crippen LogP contribution is -2.22. The smallest absolute Gasteiger partial charge is 0.212 e. The highest BCUT2D eigenvalue weighted by Crippen LogP contribution is 2.13. The van der Waals surface area contributed by atoms with Gasteiger partial charge in [-0.25, -0.2) is 18.5 Å². The molecule has 0 saturated heterocycles. The Hall–Kier alpha value is -0.690. The summed E-state index contributed by atoms with van der Waals surface area (Å²) in [7, 11) is -3.72. The number of aliphatic hydroxyl groups excluding tert-OH is 1. The average molecular weight is 237 g/mol. The first-order valence-corrected chi connectivity index (χ1v) is 5.79. The first kappa shape index (κ1) is 11.4. The van der Waals surface area contributed by atoms with E-state index in [9.17, 15) is 13.5 Å². The van der Waals surface area contributed by atoms with E-state index in [1.54, 1.807) is 6.07 Å². The third-order valence-corrected chi connectivity index (χ3v) is 2.46. The van der Waals surface area contributed by atoms with Crippen molar-refractivity contribution in [3.63, 3.8) is 0 Å². The van der Waals surface area contributed by atoms with Gasteiger partial charge in [0.2, 0.25) is 10.0 Å². The molecule has 1 atom stereocenters. The fraction of sp³-hybridized carbons (Fsp3) is 0.286. The van der Waals surface area contributed by atoms with Crippen molar-refractivity contribution in [3.8, 4) is 0 Å². The molecule has 0 unspecified atom stereocenters. The van der Waals surface area contributed by atoms with Crippen molar-refractivity contribution in [2.75, 3.05) is 5.75 Å². The SMILES string of the molecule is NS(=O)(=O)C[C@@H](O)c1cccc(Cl)n1. The van der Waals surface area contributed by atoms with Crippen LogP contribution in [-0.4, -0.2) is 24.3 Å². The van der Waals surface area contributed by atoms with E-state index >= 15 is 0 Å². The predicted octanol–water partition coefficient (Wildman–Crippen LogP) is 0.0569. The van der Waals surface area contributed by atoms with Crippen LogP contribution in [0, 0.1) is 0 Å². The normalized spacial score (nSPS) is 13.9. The maximum Gasteiger partial charge on any atom is 0.212 e. The van der Waals surface area contributed by atoms with Crippen molar-refractivity contribution in [1.82, 2.24) is 4.98 Å². The number of aliphatic hydroxyl groups is 1. The van der Waals surface area contributed by atoms with Gasteiger partial charge in [0.25, 0.3) is 0 Å². The van der Waals surface area contributed by atoms with E-state index in [1.807, 2.05) is 0 Å². The molecule has 0 aliphatic rings. The van der Waals surface area contributed by atoms with Gasteiger partial charge in [-0.1, -0.05) is 17.7 Å². The lowest BCUT2D eigenvalue weighted by atomic mass is 10.2. The van der Waals surface area contributed by atoms with Crippen molar-refractivity contribution in [2.45, 2.75) is 6.10 Å². The van der Waals surface area contributed by atoms with Gasteiger partial charge in [0.05, 0.1) is 11.4 Å².